The summed E-state index contributed by atoms with van der Waals surface area (Å²) in [7, 11) is 1.65. The molecule has 4 aromatic carbocycles. The highest BCUT2D eigenvalue weighted by atomic mass is 16.5. The van der Waals surface area contributed by atoms with Crippen molar-refractivity contribution in [2.75, 3.05) is 7.11 Å². The molecule has 3 nitrogen and oxygen atoms in total. The van der Waals surface area contributed by atoms with Crippen molar-refractivity contribution in [3.05, 3.63) is 119 Å². The number of rotatable bonds is 4. The minimum absolute atomic E-state index is 0.00827. The monoisotopic (exact) mass is 432 g/mol. The van der Waals surface area contributed by atoms with Crippen molar-refractivity contribution in [3.63, 3.8) is 0 Å². The lowest BCUT2D eigenvalue weighted by atomic mass is 9.63. The zero-order valence-corrected chi connectivity index (χ0v) is 18.5. The summed E-state index contributed by atoms with van der Waals surface area (Å²) in [6.07, 6.45) is 5.61. The van der Waals surface area contributed by atoms with Gasteiger partial charge in [0.15, 0.2) is 5.78 Å². The van der Waals surface area contributed by atoms with Crippen LogP contribution in [0.1, 0.15) is 32.6 Å². The second-order valence-corrected chi connectivity index (χ2v) is 8.96. The van der Waals surface area contributed by atoms with Gasteiger partial charge in [0.25, 0.3) is 0 Å². The molecular formula is C30H24O3. The summed E-state index contributed by atoms with van der Waals surface area (Å²) >= 11 is 0. The predicted molar refractivity (Wildman–Crippen MR) is 130 cm³/mol. The Morgan fingerprint density at radius 1 is 0.879 bits per heavy atom. The van der Waals surface area contributed by atoms with E-state index >= 15 is 0 Å². The highest BCUT2D eigenvalue weighted by Crippen LogP contribution is 2.46. The quantitative estimate of drug-likeness (QED) is 0.384. The Labute approximate surface area is 193 Å². The lowest BCUT2D eigenvalue weighted by molar-refractivity contribution is 0.103. The molecule has 0 bridgehead atoms. The van der Waals surface area contributed by atoms with E-state index in [1.807, 2.05) is 36.4 Å². The number of carbonyl (C=O) groups is 1. The Morgan fingerprint density at radius 3 is 2.36 bits per heavy atom. The van der Waals surface area contributed by atoms with Crippen LogP contribution in [0.2, 0.25) is 0 Å². The number of carbonyl (C=O) groups excluding carboxylic acids is 1. The topological polar surface area (TPSA) is 35.5 Å². The molecule has 0 fully saturated rings. The summed E-state index contributed by atoms with van der Waals surface area (Å²) in [5.74, 6) is 1.44. The first-order valence-corrected chi connectivity index (χ1v) is 11.3. The Bertz CT molecular complexity index is 1390. The molecule has 0 atom stereocenters. The number of hydrogen-bond acceptors (Lipinski definition) is 3. The van der Waals surface area contributed by atoms with Gasteiger partial charge in [0.05, 0.1) is 12.7 Å². The van der Waals surface area contributed by atoms with E-state index in [0.717, 1.165) is 29.7 Å². The Balaban J connectivity index is 1.40. The molecule has 0 aliphatic heterocycles. The molecule has 0 N–H and O–H groups in total. The third-order valence-corrected chi connectivity index (χ3v) is 6.98. The van der Waals surface area contributed by atoms with Crippen LogP contribution in [0.3, 0.4) is 0 Å². The van der Waals surface area contributed by atoms with E-state index in [1.165, 1.54) is 21.9 Å². The second-order valence-electron chi connectivity index (χ2n) is 8.96. The molecule has 0 heterocycles. The van der Waals surface area contributed by atoms with Gasteiger partial charge in [0.2, 0.25) is 0 Å². The van der Waals surface area contributed by atoms with E-state index in [9.17, 15) is 4.79 Å². The van der Waals surface area contributed by atoms with Crippen molar-refractivity contribution in [1.82, 2.24) is 0 Å². The maximum absolute atomic E-state index is 13.1. The minimum Gasteiger partial charge on any atom is -0.497 e. The average molecular weight is 433 g/mol. The first kappa shape index (κ1) is 19.8. The number of fused-ring (bicyclic) bond motifs is 2. The maximum atomic E-state index is 13.1. The summed E-state index contributed by atoms with van der Waals surface area (Å²) in [6, 6.07) is 26.9. The minimum atomic E-state index is -0.249. The van der Waals surface area contributed by atoms with E-state index in [4.69, 9.17) is 9.47 Å². The molecule has 1 spiro atoms. The van der Waals surface area contributed by atoms with Crippen LogP contribution in [0.4, 0.5) is 0 Å². The van der Waals surface area contributed by atoms with E-state index in [1.54, 1.807) is 13.2 Å². The molecule has 6 rings (SSSR count). The van der Waals surface area contributed by atoms with Gasteiger partial charge >= 0.3 is 0 Å². The van der Waals surface area contributed by atoms with Crippen LogP contribution in [0.15, 0.2) is 91.0 Å². The fourth-order valence-electron chi connectivity index (χ4n) is 5.50. The van der Waals surface area contributed by atoms with Crippen LogP contribution >= 0.6 is 0 Å². The lowest BCUT2D eigenvalue weighted by Crippen LogP contribution is -2.36. The van der Waals surface area contributed by atoms with Crippen LogP contribution < -0.4 is 9.47 Å². The van der Waals surface area contributed by atoms with Crippen LogP contribution in [-0.2, 0) is 24.9 Å². The summed E-state index contributed by atoms with van der Waals surface area (Å²) in [4.78, 5) is 13.1. The number of hydrogen-bond donors (Lipinski definition) is 0. The molecule has 2 aliphatic carbocycles. The fourth-order valence-corrected chi connectivity index (χ4v) is 5.50. The number of allylic oxidation sites excluding steroid dienone is 2. The Hall–Kier alpha value is -3.85. The van der Waals surface area contributed by atoms with Crippen molar-refractivity contribution < 1.29 is 14.3 Å². The maximum Gasteiger partial charge on any atom is 0.189 e. The third-order valence-electron chi connectivity index (χ3n) is 6.98. The van der Waals surface area contributed by atoms with E-state index in [0.29, 0.717) is 17.9 Å². The van der Waals surface area contributed by atoms with Gasteiger partial charge in [-0.15, -0.1) is 0 Å². The van der Waals surface area contributed by atoms with Gasteiger partial charge in [0, 0.05) is 5.41 Å². The molecule has 0 saturated carbocycles. The molecule has 0 saturated heterocycles. The van der Waals surface area contributed by atoms with Gasteiger partial charge < -0.3 is 9.47 Å². The Kier molecular flexibility index (Phi) is 4.58. The smallest absolute Gasteiger partial charge is 0.189 e. The van der Waals surface area contributed by atoms with Gasteiger partial charge in [-0.3, -0.25) is 4.79 Å². The van der Waals surface area contributed by atoms with E-state index < -0.39 is 0 Å². The summed E-state index contributed by atoms with van der Waals surface area (Å²) < 4.78 is 11.5. The van der Waals surface area contributed by atoms with Crippen molar-refractivity contribution in [2.45, 2.75) is 24.9 Å². The van der Waals surface area contributed by atoms with Crippen LogP contribution in [-0.4, -0.2) is 12.9 Å². The summed E-state index contributed by atoms with van der Waals surface area (Å²) in [5.41, 5.74) is 5.17. The molecule has 162 valence electrons. The molecule has 33 heavy (non-hydrogen) atoms. The van der Waals surface area contributed by atoms with Gasteiger partial charge in [-0.2, -0.15) is 0 Å². The van der Waals surface area contributed by atoms with E-state index in [-0.39, 0.29) is 11.2 Å². The first-order chi connectivity index (χ1) is 16.2. The van der Waals surface area contributed by atoms with Gasteiger partial charge in [-0.25, -0.2) is 0 Å². The number of benzene rings is 4. The highest BCUT2D eigenvalue weighted by molar-refractivity contribution is 6.09. The first-order valence-electron chi connectivity index (χ1n) is 11.3. The molecule has 4 aromatic rings. The SMILES string of the molecule is COc1cccc(COc2cccc3c2C(=O)C=CC32Cc3cccc4cccc(c34)C2)c1. The van der Waals surface area contributed by atoms with Gasteiger partial charge in [0.1, 0.15) is 18.1 Å². The number of methoxy groups -OCH3 is 1. The van der Waals surface area contributed by atoms with Crippen molar-refractivity contribution in [3.8, 4) is 11.5 Å². The third kappa shape index (κ3) is 3.23. The zero-order chi connectivity index (χ0) is 22.4. The van der Waals surface area contributed by atoms with Gasteiger partial charge in [-0.05, 0) is 70.1 Å². The zero-order valence-electron chi connectivity index (χ0n) is 18.5. The van der Waals surface area contributed by atoms with Crippen molar-refractivity contribution in [2.24, 2.45) is 0 Å². The molecular weight excluding hydrogens is 408 g/mol. The van der Waals surface area contributed by atoms with Gasteiger partial charge in [-0.1, -0.05) is 66.7 Å². The second kappa shape index (κ2) is 7.63. The fraction of sp³-hybridized carbons (Fsp3) is 0.167. The lowest BCUT2D eigenvalue weighted by Gasteiger charge is -2.39. The molecule has 0 amide bonds. The summed E-state index contributed by atoms with van der Waals surface area (Å²) in [6.45, 7) is 0.375. The molecule has 0 radical (unpaired) electrons. The number of ketones is 1. The van der Waals surface area contributed by atoms with Crippen LogP contribution in [0, 0.1) is 0 Å². The molecule has 0 unspecified atom stereocenters. The molecule has 2 aliphatic rings. The van der Waals surface area contributed by atoms with E-state index in [2.05, 4.69) is 48.5 Å². The average Bonchev–Trinajstić information content (AvgIpc) is 2.85. The standard InChI is InChI=1S/C30H24O3/c1-32-24-11-2-6-20(16-24)19-33-27-13-5-12-25-29(27)26(31)14-15-30(25)17-22-9-3-7-21-8-4-10-23(18-30)28(21)22/h2-16H,17-19H2,1H3. The largest absolute Gasteiger partial charge is 0.497 e. The van der Waals surface area contributed by atoms with Crippen LogP contribution in [0.25, 0.3) is 10.8 Å². The predicted octanol–water partition coefficient (Wildman–Crippen LogP) is 6.22. The highest BCUT2D eigenvalue weighted by Gasteiger charge is 2.40. The Morgan fingerprint density at radius 2 is 1.61 bits per heavy atom. The van der Waals surface area contributed by atoms with Crippen molar-refractivity contribution in [1.29, 1.82) is 0 Å². The summed E-state index contributed by atoms with van der Waals surface area (Å²) in [5, 5.41) is 2.65. The molecule has 3 heteroatoms. The van der Waals surface area contributed by atoms with Crippen LogP contribution in [0.5, 0.6) is 11.5 Å². The normalized spacial score (nSPS) is 15.5. The number of ether oxygens (including phenoxy) is 2. The van der Waals surface area contributed by atoms with Crippen molar-refractivity contribution >= 4 is 16.6 Å². The molecule has 0 aromatic heterocycles.